The summed E-state index contributed by atoms with van der Waals surface area (Å²) in [6.07, 6.45) is 0. The molecule has 146 valence electrons. The molecule has 0 aliphatic heterocycles. The van der Waals surface area contributed by atoms with Gasteiger partial charge in [-0.05, 0) is 29.8 Å². The minimum atomic E-state index is -3.71. The van der Waals surface area contributed by atoms with E-state index in [0.717, 1.165) is 27.9 Å². The van der Waals surface area contributed by atoms with E-state index in [2.05, 4.69) is 26.2 Å². The number of nitrogens with one attached hydrogen (secondary N) is 1. The highest BCUT2D eigenvalue weighted by Crippen LogP contribution is 2.29. The van der Waals surface area contributed by atoms with Crippen molar-refractivity contribution in [3.8, 4) is 11.3 Å². The Labute approximate surface area is 172 Å². The van der Waals surface area contributed by atoms with E-state index in [-0.39, 0.29) is 22.1 Å². The fourth-order valence-corrected chi connectivity index (χ4v) is 4.90. The third-order valence-electron chi connectivity index (χ3n) is 3.60. The molecule has 28 heavy (non-hydrogen) atoms. The van der Waals surface area contributed by atoms with Crippen LogP contribution < -0.4 is 5.32 Å². The molecule has 3 aromatic rings. The molecule has 1 heterocycles. The standard InChI is InChI=1S/C18H13BrF2N2O3S2/c19-12-4-1-3-11(7-12)9-28(25,26)10-16(24)23-18-22-15(8-27-18)17-13(20)5-2-6-14(17)21/h1-8H,9-10H2,(H,22,23,24). The van der Waals surface area contributed by atoms with Gasteiger partial charge < -0.3 is 5.32 Å². The zero-order valence-corrected chi connectivity index (χ0v) is 17.4. The van der Waals surface area contributed by atoms with Crippen molar-refractivity contribution >= 4 is 48.1 Å². The van der Waals surface area contributed by atoms with Gasteiger partial charge in [-0.2, -0.15) is 0 Å². The van der Waals surface area contributed by atoms with E-state index in [1.807, 2.05) is 0 Å². The van der Waals surface area contributed by atoms with Crippen LogP contribution >= 0.6 is 27.3 Å². The third kappa shape index (κ3) is 5.21. The molecular formula is C18H13BrF2N2O3S2. The Morgan fingerprint density at radius 2 is 1.82 bits per heavy atom. The molecule has 3 rings (SSSR count). The predicted octanol–water partition coefficient (Wildman–Crippen LogP) is 4.40. The average molecular weight is 487 g/mol. The lowest BCUT2D eigenvalue weighted by molar-refractivity contribution is -0.113. The summed E-state index contributed by atoms with van der Waals surface area (Å²) < 4.78 is 52.8. The smallest absolute Gasteiger partial charge is 0.241 e. The number of benzene rings is 2. The van der Waals surface area contributed by atoms with Crippen LogP contribution in [0.1, 0.15) is 5.56 Å². The first-order chi connectivity index (χ1) is 13.2. The van der Waals surface area contributed by atoms with Gasteiger partial charge in [0, 0.05) is 9.85 Å². The Balaban J connectivity index is 1.68. The van der Waals surface area contributed by atoms with E-state index >= 15 is 0 Å². The van der Waals surface area contributed by atoms with Crippen molar-refractivity contribution in [2.75, 3.05) is 11.1 Å². The van der Waals surface area contributed by atoms with Gasteiger partial charge in [-0.25, -0.2) is 22.2 Å². The lowest BCUT2D eigenvalue weighted by Gasteiger charge is -2.05. The first kappa shape index (κ1) is 20.6. The Kier molecular flexibility index (Phi) is 6.21. The molecule has 0 aliphatic rings. The summed E-state index contributed by atoms with van der Waals surface area (Å²) in [4.78, 5) is 16.1. The number of carbonyl (C=O) groups excluding carboxylic acids is 1. The van der Waals surface area contributed by atoms with E-state index in [0.29, 0.717) is 5.56 Å². The summed E-state index contributed by atoms with van der Waals surface area (Å²) in [6.45, 7) is 0. The summed E-state index contributed by atoms with van der Waals surface area (Å²) in [5.74, 6) is -3.35. The molecule has 1 aromatic heterocycles. The van der Waals surface area contributed by atoms with Crippen molar-refractivity contribution < 1.29 is 22.0 Å². The molecule has 1 amide bonds. The molecule has 0 aliphatic carbocycles. The second-order valence-corrected chi connectivity index (χ2v) is 9.68. The monoisotopic (exact) mass is 486 g/mol. The molecule has 10 heteroatoms. The molecule has 0 radical (unpaired) electrons. The summed E-state index contributed by atoms with van der Waals surface area (Å²) in [5.41, 5.74) is 0.267. The van der Waals surface area contributed by atoms with E-state index in [1.165, 1.54) is 11.4 Å². The Morgan fingerprint density at radius 3 is 2.50 bits per heavy atom. The first-order valence-corrected chi connectivity index (χ1v) is 11.4. The minimum Gasteiger partial charge on any atom is -0.301 e. The molecule has 2 aromatic carbocycles. The SMILES string of the molecule is O=C(CS(=O)(=O)Cc1cccc(Br)c1)Nc1nc(-c2c(F)cccc2F)cs1. The van der Waals surface area contributed by atoms with Crippen molar-refractivity contribution in [2.45, 2.75) is 5.75 Å². The van der Waals surface area contributed by atoms with Gasteiger partial charge in [0.25, 0.3) is 0 Å². The van der Waals surface area contributed by atoms with Crippen LogP contribution in [-0.4, -0.2) is 25.1 Å². The number of sulfone groups is 1. The zero-order valence-electron chi connectivity index (χ0n) is 14.2. The van der Waals surface area contributed by atoms with Gasteiger partial charge in [0.15, 0.2) is 15.0 Å². The maximum absolute atomic E-state index is 13.8. The van der Waals surface area contributed by atoms with Gasteiger partial charge in [0.2, 0.25) is 5.91 Å². The topological polar surface area (TPSA) is 76.1 Å². The minimum absolute atomic E-state index is 0.0212. The van der Waals surface area contributed by atoms with E-state index < -0.39 is 33.1 Å². The second-order valence-electron chi connectivity index (χ2n) is 5.84. The maximum atomic E-state index is 13.8. The molecule has 0 bridgehead atoms. The largest absolute Gasteiger partial charge is 0.301 e. The van der Waals surface area contributed by atoms with Crippen molar-refractivity contribution in [3.05, 3.63) is 69.5 Å². The molecular weight excluding hydrogens is 474 g/mol. The summed E-state index contributed by atoms with van der Waals surface area (Å²) in [5, 5.41) is 3.80. The van der Waals surface area contributed by atoms with Gasteiger partial charge >= 0.3 is 0 Å². The van der Waals surface area contributed by atoms with Crippen LogP contribution in [0.3, 0.4) is 0 Å². The fraction of sp³-hybridized carbons (Fsp3) is 0.111. The van der Waals surface area contributed by atoms with Crippen molar-refractivity contribution in [3.63, 3.8) is 0 Å². The number of thiazole rings is 1. The van der Waals surface area contributed by atoms with Crippen molar-refractivity contribution in [1.82, 2.24) is 4.98 Å². The average Bonchev–Trinajstić information content (AvgIpc) is 3.01. The number of hydrogen-bond donors (Lipinski definition) is 1. The summed E-state index contributed by atoms with van der Waals surface area (Å²) >= 11 is 4.21. The quantitative estimate of drug-likeness (QED) is 0.559. The molecule has 5 nitrogen and oxygen atoms in total. The molecule has 0 atom stereocenters. The maximum Gasteiger partial charge on any atom is 0.241 e. The van der Waals surface area contributed by atoms with Gasteiger partial charge in [-0.1, -0.05) is 34.1 Å². The molecule has 0 saturated carbocycles. The van der Waals surface area contributed by atoms with Crippen LogP contribution in [0.4, 0.5) is 13.9 Å². The number of halogens is 3. The van der Waals surface area contributed by atoms with Gasteiger partial charge in [-0.15, -0.1) is 11.3 Å². The van der Waals surface area contributed by atoms with E-state index in [4.69, 9.17) is 0 Å². The lowest BCUT2D eigenvalue weighted by Crippen LogP contribution is -2.23. The fourth-order valence-electron chi connectivity index (χ4n) is 2.48. The van der Waals surface area contributed by atoms with E-state index in [1.54, 1.807) is 24.3 Å². The summed E-state index contributed by atoms with van der Waals surface area (Å²) in [6, 6.07) is 10.2. The molecule has 0 unspecified atom stereocenters. The van der Waals surface area contributed by atoms with Crippen molar-refractivity contribution in [2.24, 2.45) is 0 Å². The number of rotatable bonds is 6. The number of anilines is 1. The number of carbonyl (C=O) groups is 1. The van der Waals surface area contributed by atoms with Gasteiger partial charge in [0.1, 0.15) is 17.4 Å². The molecule has 0 spiro atoms. The normalized spacial score (nSPS) is 11.4. The van der Waals surface area contributed by atoms with Crippen LogP contribution in [0.2, 0.25) is 0 Å². The number of nitrogens with zero attached hydrogens (tertiary/aromatic N) is 1. The van der Waals surface area contributed by atoms with Gasteiger partial charge in [0.05, 0.1) is 17.0 Å². The number of aromatic nitrogens is 1. The summed E-state index contributed by atoms with van der Waals surface area (Å²) in [7, 11) is -3.71. The third-order valence-corrected chi connectivity index (χ3v) is 6.32. The van der Waals surface area contributed by atoms with Crippen LogP contribution in [0, 0.1) is 11.6 Å². The van der Waals surface area contributed by atoms with Crippen LogP contribution in [0.15, 0.2) is 52.3 Å². The molecule has 0 fully saturated rings. The van der Waals surface area contributed by atoms with Crippen LogP contribution in [-0.2, 0) is 20.4 Å². The van der Waals surface area contributed by atoms with Crippen LogP contribution in [0.5, 0.6) is 0 Å². The lowest BCUT2D eigenvalue weighted by atomic mass is 10.1. The Morgan fingerprint density at radius 1 is 1.14 bits per heavy atom. The van der Waals surface area contributed by atoms with Gasteiger partial charge in [-0.3, -0.25) is 4.79 Å². The Hall–Kier alpha value is -2.17. The highest BCUT2D eigenvalue weighted by Gasteiger charge is 2.20. The predicted molar refractivity (Wildman–Crippen MR) is 108 cm³/mol. The van der Waals surface area contributed by atoms with Crippen LogP contribution in [0.25, 0.3) is 11.3 Å². The number of amides is 1. The van der Waals surface area contributed by atoms with Crippen molar-refractivity contribution in [1.29, 1.82) is 0 Å². The van der Waals surface area contributed by atoms with E-state index in [9.17, 15) is 22.0 Å². The molecule has 0 saturated heterocycles. The second kappa shape index (κ2) is 8.46. The Bertz CT molecular complexity index is 1110. The first-order valence-electron chi connectivity index (χ1n) is 7.88. The number of hydrogen-bond acceptors (Lipinski definition) is 5. The zero-order chi connectivity index (χ0) is 20.3. The molecule has 1 N–H and O–H groups in total. The highest BCUT2D eigenvalue weighted by molar-refractivity contribution is 9.10. The highest BCUT2D eigenvalue weighted by atomic mass is 79.9.